The van der Waals surface area contributed by atoms with Crippen LogP contribution in [0.3, 0.4) is 0 Å². The van der Waals surface area contributed by atoms with Gasteiger partial charge in [0.05, 0.1) is 6.10 Å². The molecular formula is C15H25N3O2. The van der Waals surface area contributed by atoms with Gasteiger partial charge in [-0.25, -0.2) is 0 Å². The fraction of sp³-hybridized carbons (Fsp3) is 0.733. The van der Waals surface area contributed by atoms with Crippen molar-refractivity contribution in [3.05, 3.63) is 6.33 Å². The molecular weight excluding hydrogens is 254 g/mol. The molecule has 0 amide bonds. The van der Waals surface area contributed by atoms with Gasteiger partial charge in [0.25, 0.3) is 0 Å². The molecule has 5 heteroatoms. The maximum Gasteiger partial charge on any atom is 0.244 e. The fourth-order valence-electron chi connectivity index (χ4n) is 2.71. The van der Waals surface area contributed by atoms with E-state index in [2.05, 4.69) is 16.9 Å². The van der Waals surface area contributed by atoms with Crippen molar-refractivity contribution in [2.45, 2.75) is 65.1 Å². The number of anilines is 1. The number of ether oxygens (including phenoxy) is 2. The quantitative estimate of drug-likeness (QED) is 0.896. The largest absolute Gasteiger partial charge is 0.473 e. The number of aromatic nitrogens is 2. The second-order valence-corrected chi connectivity index (χ2v) is 5.67. The van der Waals surface area contributed by atoms with Crippen LogP contribution in [0.2, 0.25) is 0 Å². The lowest BCUT2D eigenvalue weighted by atomic mass is 9.85. The maximum absolute atomic E-state index is 6.06. The molecule has 1 aliphatic rings. The average Bonchev–Trinajstić information content (AvgIpc) is 2.43. The Balaban J connectivity index is 2.12. The zero-order valence-electron chi connectivity index (χ0n) is 12.6. The minimum absolute atomic E-state index is 0.0260. The Hall–Kier alpha value is -1.52. The monoisotopic (exact) mass is 279 g/mol. The lowest BCUT2D eigenvalue weighted by Gasteiger charge is -2.31. The minimum Gasteiger partial charge on any atom is -0.473 e. The zero-order chi connectivity index (χ0) is 14.5. The molecule has 1 saturated carbocycles. The highest BCUT2D eigenvalue weighted by atomic mass is 16.5. The highest BCUT2D eigenvalue weighted by Gasteiger charge is 2.27. The van der Waals surface area contributed by atoms with E-state index in [1.165, 1.54) is 25.6 Å². The molecule has 5 nitrogen and oxygen atoms in total. The first-order chi connectivity index (χ1) is 9.61. The van der Waals surface area contributed by atoms with Gasteiger partial charge in [-0.05, 0) is 45.4 Å². The summed E-state index contributed by atoms with van der Waals surface area (Å²) in [6, 6.07) is 0. The van der Waals surface area contributed by atoms with Crippen molar-refractivity contribution < 1.29 is 9.47 Å². The Bertz CT molecular complexity index is 437. The lowest BCUT2D eigenvalue weighted by Crippen LogP contribution is -2.30. The number of nitrogens with two attached hydrogens (primary N) is 1. The summed E-state index contributed by atoms with van der Waals surface area (Å²) in [4.78, 5) is 8.24. The van der Waals surface area contributed by atoms with Crippen molar-refractivity contribution in [3.63, 3.8) is 0 Å². The Morgan fingerprint density at radius 2 is 1.95 bits per heavy atom. The normalized spacial score (nSPS) is 22.8. The van der Waals surface area contributed by atoms with Crippen LogP contribution in [0.4, 0.5) is 5.69 Å². The molecule has 0 aliphatic heterocycles. The summed E-state index contributed by atoms with van der Waals surface area (Å²) in [6.45, 7) is 6.09. The first kappa shape index (κ1) is 14.9. The van der Waals surface area contributed by atoms with Crippen LogP contribution in [-0.2, 0) is 0 Å². The van der Waals surface area contributed by atoms with Crippen LogP contribution in [0.25, 0.3) is 0 Å². The van der Waals surface area contributed by atoms with Crippen LogP contribution in [0.5, 0.6) is 11.8 Å². The van der Waals surface area contributed by atoms with E-state index in [4.69, 9.17) is 15.2 Å². The van der Waals surface area contributed by atoms with Crippen molar-refractivity contribution in [3.8, 4) is 11.8 Å². The van der Waals surface area contributed by atoms with Crippen LogP contribution >= 0.6 is 0 Å². The van der Waals surface area contributed by atoms with Gasteiger partial charge in [0.2, 0.25) is 11.8 Å². The molecule has 1 aliphatic carbocycles. The summed E-state index contributed by atoms with van der Waals surface area (Å²) < 4.78 is 11.6. The van der Waals surface area contributed by atoms with Gasteiger partial charge < -0.3 is 15.2 Å². The van der Waals surface area contributed by atoms with E-state index in [9.17, 15) is 0 Å². The molecule has 2 N–H and O–H groups in total. The average molecular weight is 279 g/mol. The van der Waals surface area contributed by atoms with Crippen LogP contribution in [-0.4, -0.2) is 22.2 Å². The van der Waals surface area contributed by atoms with Gasteiger partial charge in [0, 0.05) is 0 Å². The number of rotatable bonds is 5. The van der Waals surface area contributed by atoms with Gasteiger partial charge in [-0.1, -0.05) is 13.3 Å². The second kappa shape index (κ2) is 6.77. The van der Waals surface area contributed by atoms with Crippen LogP contribution < -0.4 is 15.2 Å². The highest BCUT2D eigenvalue weighted by Crippen LogP contribution is 2.34. The van der Waals surface area contributed by atoms with Gasteiger partial charge in [-0.15, -0.1) is 0 Å². The molecule has 2 unspecified atom stereocenters. The molecule has 112 valence electrons. The lowest BCUT2D eigenvalue weighted by molar-refractivity contribution is 0.0859. The van der Waals surface area contributed by atoms with E-state index in [-0.39, 0.29) is 12.2 Å². The Morgan fingerprint density at radius 1 is 1.25 bits per heavy atom. The molecule has 2 rings (SSSR count). The summed E-state index contributed by atoms with van der Waals surface area (Å²) in [6.07, 6.45) is 7.61. The molecule has 0 saturated heterocycles. The predicted molar refractivity (Wildman–Crippen MR) is 78.9 cm³/mol. The molecule has 0 radical (unpaired) electrons. The van der Waals surface area contributed by atoms with E-state index in [1.807, 2.05) is 13.8 Å². The maximum atomic E-state index is 6.06. The smallest absolute Gasteiger partial charge is 0.244 e. The van der Waals surface area contributed by atoms with Crippen LogP contribution in [0.1, 0.15) is 52.9 Å². The van der Waals surface area contributed by atoms with E-state index in [0.717, 1.165) is 12.8 Å². The summed E-state index contributed by atoms with van der Waals surface area (Å²) >= 11 is 0. The summed E-state index contributed by atoms with van der Waals surface area (Å²) in [5, 5.41) is 0. The summed E-state index contributed by atoms with van der Waals surface area (Å²) in [7, 11) is 0. The van der Waals surface area contributed by atoms with Crippen molar-refractivity contribution in [1.29, 1.82) is 0 Å². The van der Waals surface area contributed by atoms with Gasteiger partial charge in [0.1, 0.15) is 12.4 Å². The summed E-state index contributed by atoms with van der Waals surface area (Å²) in [5.41, 5.74) is 6.46. The molecule has 20 heavy (non-hydrogen) atoms. The third-order valence-corrected chi connectivity index (χ3v) is 3.78. The number of nitrogens with zero attached hydrogens (tertiary/aromatic N) is 2. The van der Waals surface area contributed by atoms with Crippen molar-refractivity contribution >= 4 is 5.69 Å². The van der Waals surface area contributed by atoms with Crippen molar-refractivity contribution in [2.75, 3.05) is 5.73 Å². The SMILES string of the molecule is CCC1CCCCC1Oc1ncnc(OC(C)C)c1N. The molecule has 2 atom stereocenters. The van der Waals surface area contributed by atoms with E-state index >= 15 is 0 Å². The third kappa shape index (κ3) is 3.52. The Morgan fingerprint density at radius 3 is 2.65 bits per heavy atom. The highest BCUT2D eigenvalue weighted by molar-refractivity contribution is 5.55. The molecule has 1 fully saturated rings. The second-order valence-electron chi connectivity index (χ2n) is 5.67. The van der Waals surface area contributed by atoms with Gasteiger partial charge in [-0.2, -0.15) is 9.97 Å². The van der Waals surface area contributed by atoms with Gasteiger partial charge >= 0.3 is 0 Å². The Labute approximate surface area is 120 Å². The number of nitrogen functional groups attached to an aromatic ring is 1. The van der Waals surface area contributed by atoms with Crippen LogP contribution in [0.15, 0.2) is 6.33 Å². The molecule has 0 spiro atoms. The number of hydrogen-bond donors (Lipinski definition) is 1. The van der Waals surface area contributed by atoms with Gasteiger partial charge in [0.15, 0.2) is 5.69 Å². The minimum atomic E-state index is 0.0260. The van der Waals surface area contributed by atoms with E-state index in [0.29, 0.717) is 23.4 Å². The third-order valence-electron chi connectivity index (χ3n) is 3.78. The zero-order valence-corrected chi connectivity index (χ0v) is 12.6. The number of hydrogen-bond acceptors (Lipinski definition) is 5. The van der Waals surface area contributed by atoms with Gasteiger partial charge in [-0.3, -0.25) is 0 Å². The topological polar surface area (TPSA) is 70.3 Å². The first-order valence-corrected chi connectivity index (χ1v) is 7.55. The first-order valence-electron chi connectivity index (χ1n) is 7.55. The van der Waals surface area contributed by atoms with Crippen LogP contribution in [0, 0.1) is 5.92 Å². The molecule has 0 aromatic carbocycles. The molecule has 1 heterocycles. The predicted octanol–water partition coefficient (Wildman–Crippen LogP) is 3.19. The standard InChI is InChI=1S/C15H25N3O2/c1-4-11-7-5-6-8-12(11)20-15-13(16)14(17-9-18-15)19-10(2)3/h9-12H,4-8,16H2,1-3H3. The fourth-order valence-corrected chi connectivity index (χ4v) is 2.71. The molecule has 1 aromatic heterocycles. The Kier molecular flexibility index (Phi) is 5.04. The van der Waals surface area contributed by atoms with Crippen molar-refractivity contribution in [2.24, 2.45) is 5.92 Å². The molecule has 1 aromatic rings. The van der Waals surface area contributed by atoms with Crippen molar-refractivity contribution in [1.82, 2.24) is 9.97 Å². The van der Waals surface area contributed by atoms with E-state index in [1.54, 1.807) is 0 Å². The summed E-state index contributed by atoms with van der Waals surface area (Å²) in [5.74, 6) is 1.46. The van der Waals surface area contributed by atoms with E-state index < -0.39 is 0 Å². The molecule has 0 bridgehead atoms.